The number of anilines is 1. The molecule has 0 atom stereocenters. The monoisotopic (exact) mass is 212 g/mol. The van der Waals surface area contributed by atoms with Gasteiger partial charge in [0.15, 0.2) is 0 Å². The predicted octanol–water partition coefficient (Wildman–Crippen LogP) is 2.21. The summed E-state index contributed by atoms with van der Waals surface area (Å²) in [5, 5.41) is 2.72. The fourth-order valence-electron chi connectivity index (χ4n) is 1.78. The van der Waals surface area contributed by atoms with Gasteiger partial charge in [-0.2, -0.15) is 0 Å². The number of benzene rings is 1. The molecule has 0 amide bonds. The smallest absolute Gasteiger partial charge is 0.146 e. The number of rotatable bonds is 3. The molecule has 4 heteroatoms. The fourth-order valence-corrected chi connectivity index (χ4v) is 1.78. The zero-order valence-electron chi connectivity index (χ0n) is 8.69. The quantitative estimate of drug-likeness (QED) is 0.826. The third-order valence-electron chi connectivity index (χ3n) is 2.79. The maximum Gasteiger partial charge on any atom is 0.146 e. The van der Waals surface area contributed by atoms with E-state index in [-0.39, 0.29) is 11.5 Å². The molecule has 0 radical (unpaired) electrons. The average molecular weight is 212 g/mol. The molecule has 2 nitrogen and oxygen atoms in total. The lowest BCUT2D eigenvalue weighted by molar-refractivity contribution is 0.170. The van der Waals surface area contributed by atoms with E-state index < -0.39 is 5.82 Å². The number of halogens is 2. The van der Waals surface area contributed by atoms with Crippen LogP contribution in [0.5, 0.6) is 0 Å². The van der Waals surface area contributed by atoms with Crippen LogP contribution in [0, 0.1) is 11.6 Å². The van der Waals surface area contributed by atoms with Crippen LogP contribution in [0.4, 0.5) is 14.5 Å². The summed E-state index contributed by atoms with van der Waals surface area (Å²) in [7, 11) is 1.61. The van der Waals surface area contributed by atoms with Crippen molar-refractivity contribution in [2.45, 2.75) is 13.0 Å². The van der Waals surface area contributed by atoms with E-state index in [9.17, 15) is 8.78 Å². The molecule has 1 saturated heterocycles. The number of nitrogens with zero attached hydrogens (tertiary/aromatic N) is 1. The molecular weight excluding hydrogens is 198 g/mol. The van der Waals surface area contributed by atoms with E-state index in [1.54, 1.807) is 7.05 Å². The SMILES string of the molecule is CNc1c(F)ccc(F)c1CN1CCC1. The van der Waals surface area contributed by atoms with Gasteiger partial charge in [0.05, 0.1) is 5.69 Å². The van der Waals surface area contributed by atoms with E-state index in [1.165, 1.54) is 6.07 Å². The highest BCUT2D eigenvalue weighted by Gasteiger charge is 2.19. The first-order valence-electron chi connectivity index (χ1n) is 5.09. The Morgan fingerprint density at radius 3 is 2.47 bits per heavy atom. The lowest BCUT2D eigenvalue weighted by Crippen LogP contribution is -2.36. The highest BCUT2D eigenvalue weighted by atomic mass is 19.1. The summed E-state index contributed by atoms with van der Waals surface area (Å²) in [5.41, 5.74) is 0.708. The molecule has 15 heavy (non-hydrogen) atoms. The largest absolute Gasteiger partial charge is 0.385 e. The summed E-state index contributed by atoms with van der Waals surface area (Å²) >= 11 is 0. The normalized spacial score (nSPS) is 16.2. The van der Waals surface area contributed by atoms with Gasteiger partial charge in [-0.15, -0.1) is 0 Å². The average Bonchev–Trinajstić information content (AvgIpc) is 2.16. The van der Waals surface area contributed by atoms with Gasteiger partial charge in [-0.3, -0.25) is 4.90 Å². The van der Waals surface area contributed by atoms with Crippen LogP contribution in [0.1, 0.15) is 12.0 Å². The molecule has 1 aliphatic heterocycles. The molecule has 1 fully saturated rings. The van der Waals surface area contributed by atoms with E-state index in [1.807, 2.05) is 0 Å². The van der Waals surface area contributed by atoms with Gasteiger partial charge < -0.3 is 5.32 Å². The van der Waals surface area contributed by atoms with E-state index in [4.69, 9.17) is 0 Å². The van der Waals surface area contributed by atoms with Crippen LogP contribution in [0.3, 0.4) is 0 Å². The molecule has 0 unspecified atom stereocenters. The number of likely N-dealkylation sites (tertiary alicyclic amines) is 1. The molecule has 1 heterocycles. The van der Waals surface area contributed by atoms with E-state index in [2.05, 4.69) is 10.2 Å². The molecule has 2 rings (SSSR count). The first-order chi connectivity index (χ1) is 7.22. The van der Waals surface area contributed by atoms with Crippen molar-refractivity contribution in [3.05, 3.63) is 29.3 Å². The zero-order valence-corrected chi connectivity index (χ0v) is 8.69. The van der Waals surface area contributed by atoms with Gasteiger partial charge in [0.1, 0.15) is 11.6 Å². The van der Waals surface area contributed by atoms with Gasteiger partial charge in [0.2, 0.25) is 0 Å². The minimum absolute atomic E-state index is 0.280. The van der Waals surface area contributed by atoms with E-state index >= 15 is 0 Å². The third kappa shape index (κ3) is 1.95. The Balaban J connectivity index is 2.29. The Morgan fingerprint density at radius 2 is 1.93 bits per heavy atom. The van der Waals surface area contributed by atoms with E-state index in [0.29, 0.717) is 12.1 Å². The van der Waals surface area contributed by atoms with Crippen molar-refractivity contribution in [2.75, 3.05) is 25.5 Å². The van der Waals surface area contributed by atoms with Crippen LogP contribution in [-0.4, -0.2) is 25.0 Å². The van der Waals surface area contributed by atoms with Crippen molar-refractivity contribution >= 4 is 5.69 Å². The van der Waals surface area contributed by atoms with Crippen LogP contribution in [0.25, 0.3) is 0 Å². The van der Waals surface area contributed by atoms with Gasteiger partial charge in [-0.25, -0.2) is 8.78 Å². The molecule has 0 bridgehead atoms. The number of hydrogen-bond donors (Lipinski definition) is 1. The number of nitrogens with one attached hydrogen (secondary N) is 1. The zero-order chi connectivity index (χ0) is 10.8. The van der Waals surface area contributed by atoms with E-state index in [0.717, 1.165) is 25.6 Å². The molecular formula is C11H14F2N2. The molecule has 1 aromatic carbocycles. The second kappa shape index (κ2) is 4.14. The topological polar surface area (TPSA) is 15.3 Å². The number of hydrogen-bond acceptors (Lipinski definition) is 2. The van der Waals surface area contributed by atoms with Crippen molar-refractivity contribution in [3.8, 4) is 0 Å². The first-order valence-corrected chi connectivity index (χ1v) is 5.09. The Hall–Kier alpha value is -1.16. The van der Waals surface area contributed by atoms with Crippen LogP contribution in [-0.2, 0) is 6.54 Å². The molecule has 82 valence electrons. The predicted molar refractivity (Wildman–Crippen MR) is 55.8 cm³/mol. The lowest BCUT2D eigenvalue weighted by atomic mass is 10.1. The second-order valence-corrected chi connectivity index (χ2v) is 3.76. The Bertz CT molecular complexity index is 362. The minimum atomic E-state index is -0.394. The summed E-state index contributed by atoms with van der Waals surface area (Å²) in [6, 6.07) is 2.34. The van der Waals surface area contributed by atoms with Gasteiger partial charge in [0, 0.05) is 19.2 Å². The lowest BCUT2D eigenvalue weighted by Gasteiger charge is -2.31. The Labute approximate surface area is 87.9 Å². The molecule has 0 aliphatic carbocycles. The molecule has 0 aromatic heterocycles. The van der Waals surface area contributed by atoms with Gasteiger partial charge in [0.25, 0.3) is 0 Å². The Kier molecular flexibility index (Phi) is 2.86. The first kappa shape index (κ1) is 10.4. The highest BCUT2D eigenvalue weighted by molar-refractivity contribution is 5.52. The van der Waals surface area contributed by atoms with Gasteiger partial charge >= 0.3 is 0 Å². The van der Waals surface area contributed by atoms with Crippen molar-refractivity contribution in [1.29, 1.82) is 0 Å². The van der Waals surface area contributed by atoms with Crippen molar-refractivity contribution in [1.82, 2.24) is 4.90 Å². The molecule has 1 N–H and O–H groups in total. The standard InChI is InChI=1S/C11H14F2N2/c1-14-11-8(7-15-5-2-6-15)9(12)3-4-10(11)13/h3-4,14H,2,5-7H2,1H3. The van der Waals surface area contributed by atoms with Gasteiger partial charge in [-0.05, 0) is 31.6 Å². The van der Waals surface area contributed by atoms with Gasteiger partial charge in [-0.1, -0.05) is 0 Å². The molecule has 1 aliphatic rings. The third-order valence-corrected chi connectivity index (χ3v) is 2.79. The van der Waals surface area contributed by atoms with Crippen LogP contribution >= 0.6 is 0 Å². The van der Waals surface area contributed by atoms with Crippen molar-refractivity contribution < 1.29 is 8.78 Å². The van der Waals surface area contributed by atoms with Crippen LogP contribution < -0.4 is 5.32 Å². The second-order valence-electron chi connectivity index (χ2n) is 3.76. The summed E-state index contributed by atoms with van der Waals surface area (Å²) in [6.07, 6.45) is 1.14. The van der Waals surface area contributed by atoms with Crippen molar-refractivity contribution in [3.63, 3.8) is 0 Å². The fraction of sp³-hybridized carbons (Fsp3) is 0.455. The molecule has 0 saturated carbocycles. The summed E-state index contributed by atoms with van der Waals surface area (Å²) in [6.45, 7) is 2.43. The maximum absolute atomic E-state index is 13.5. The maximum atomic E-state index is 13.5. The van der Waals surface area contributed by atoms with Crippen LogP contribution in [0.2, 0.25) is 0 Å². The van der Waals surface area contributed by atoms with Crippen LogP contribution in [0.15, 0.2) is 12.1 Å². The summed E-state index contributed by atoms with van der Waals surface area (Å²) in [5.74, 6) is -0.734. The minimum Gasteiger partial charge on any atom is -0.385 e. The summed E-state index contributed by atoms with van der Waals surface area (Å²) < 4.78 is 26.9. The van der Waals surface area contributed by atoms with Crippen molar-refractivity contribution in [2.24, 2.45) is 0 Å². The molecule has 1 aromatic rings. The highest BCUT2D eigenvalue weighted by Crippen LogP contribution is 2.25. The Morgan fingerprint density at radius 1 is 1.27 bits per heavy atom. The summed E-state index contributed by atoms with van der Waals surface area (Å²) in [4.78, 5) is 2.10. The molecule has 0 spiro atoms.